The molecule has 1 fully saturated rings. The van der Waals surface area contributed by atoms with Gasteiger partial charge in [0.05, 0.1) is 0 Å². The molecule has 1 amide bonds. The van der Waals surface area contributed by atoms with Gasteiger partial charge in [-0.2, -0.15) is 0 Å². The monoisotopic (exact) mass is 426 g/mol. The molecule has 0 aliphatic carbocycles. The predicted molar refractivity (Wildman–Crippen MR) is 131 cm³/mol. The number of amides is 1. The van der Waals surface area contributed by atoms with Crippen molar-refractivity contribution in [1.29, 1.82) is 0 Å². The van der Waals surface area contributed by atoms with Crippen LogP contribution in [0.5, 0.6) is 0 Å². The van der Waals surface area contributed by atoms with Gasteiger partial charge < -0.3 is 4.90 Å². The van der Waals surface area contributed by atoms with E-state index in [1.165, 1.54) is 11.1 Å². The Morgan fingerprint density at radius 3 is 1.78 bits per heavy atom. The molecule has 0 bridgehead atoms. The lowest BCUT2D eigenvalue weighted by Gasteiger charge is -2.34. The number of rotatable bonds is 8. The van der Waals surface area contributed by atoms with Crippen LogP contribution in [0, 0.1) is 0 Å². The molecule has 1 unspecified atom stereocenters. The first-order valence-electron chi connectivity index (χ1n) is 11.9. The Morgan fingerprint density at radius 1 is 0.750 bits per heavy atom. The summed E-state index contributed by atoms with van der Waals surface area (Å²) < 4.78 is 0. The van der Waals surface area contributed by atoms with Crippen molar-refractivity contribution in [2.24, 2.45) is 0 Å². The molecule has 3 nitrogen and oxygen atoms in total. The number of hydrogen-bond acceptors (Lipinski definition) is 2. The quantitative estimate of drug-likeness (QED) is 0.473. The van der Waals surface area contributed by atoms with E-state index >= 15 is 0 Å². The van der Waals surface area contributed by atoms with E-state index in [0.29, 0.717) is 0 Å². The van der Waals surface area contributed by atoms with Crippen molar-refractivity contribution in [3.05, 3.63) is 108 Å². The van der Waals surface area contributed by atoms with Gasteiger partial charge in [-0.3, -0.25) is 9.69 Å². The molecule has 1 aliphatic heterocycles. The Bertz CT molecular complexity index is 915. The normalized spacial score (nSPS) is 17.5. The van der Waals surface area contributed by atoms with Crippen molar-refractivity contribution < 1.29 is 4.79 Å². The van der Waals surface area contributed by atoms with Gasteiger partial charge in [0.1, 0.15) is 6.04 Å². The molecule has 32 heavy (non-hydrogen) atoms. The first kappa shape index (κ1) is 22.3. The highest BCUT2D eigenvalue weighted by Crippen LogP contribution is 2.28. The summed E-state index contributed by atoms with van der Waals surface area (Å²) in [6.45, 7) is 1.77. The minimum Gasteiger partial charge on any atom is -0.338 e. The Labute approximate surface area is 192 Å². The molecule has 166 valence electrons. The van der Waals surface area contributed by atoms with Gasteiger partial charge in [-0.1, -0.05) is 91.0 Å². The maximum absolute atomic E-state index is 13.9. The van der Waals surface area contributed by atoms with Crippen LogP contribution < -0.4 is 0 Å². The van der Waals surface area contributed by atoms with Crippen LogP contribution in [-0.2, 0) is 17.6 Å². The number of carbonyl (C=O) groups excluding carboxylic acids is 1. The molecular weight excluding hydrogens is 392 g/mol. The summed E-state index contributed by atoms with van der Waals surface area (Å²) in [6.07, 6.45) is 4.99. The standard InChI is InChI=1S/C29H34N2O/c1-30-22-11-23-31(29(32)28(30)26-16-9-4-10-17-26)27(20-18-24-12-5-2-6-13-24)21-19-25-14-7-3-8-15-25/h2-10,12-17,27-28H,11,18-23H2,1H3. The molecule has 0 radical (unpaired) electrons. The van der Waals surface area contributed by atoms with Crippen LogP contribution in [0.3, 0.4) is 0 Å². The number of likely N-dealkylation sites (N-methyl/N-ethyl adjacent to an activating group) is 1. The van der Waals surface area contributed by atoms with Gasteiger partial charge in [0.25, 0.3) is 0 Å². The van der Waals surface area contributed by atoms with E-state index in [1.807, 2.05) is 18.2 Å². The fraction of sp³-hybridized carbons (Fsp3) is 0.345. The zero-order valence-electron chi connectivity index (χ0n) is 19.1. The van der Waals surface area contributed by atoms with Crippen molar-refractivity contribution >= 4 is 5.91 Å². The molecule has 3 heteroatoms. The minimum absolute atomic E-state index is 0.199. The number of aryl methyl sites for hydroxylation is 2. The molecule has 4 rings (SSSR count). The second-order valence-electron chi connectivity index (χ2n) is 8.88. The number of carbonyl (C=O) groups is 1. The largest absolute Gasteiger partial charge is 0.338 e. The van der Waals surface area contributed by atoms with Gasteiger partial charge in [0.15, 0.2) is 0 Å². The summed E-state index contributed by atoms with van der Waals surface area (Å²) in [5, 5.41) is 0. The fourth-order valence-corrected chi connectivity index (χ4v) is 4.88. The zero-order chi connectivity index (χ0) is 22.2. The molecule has 0 N–H and O–H groups in total. The average Bonchev–Trinajstić information content (AvgIpc) is 2.98. The lowest BCUT2D eigenvalue weighted by Crippen LogP contribution is -2.44. The van der Waals surface area contributed by atoms with Crippen LogP contribution in [0.25, 0.3) is 0 Å². The SMILES string of the molecule is CN1CCCN(C(CCc2ccccc2)CCc2ccccc2)C(=O)C1c1ccccc1. The Balaban J connectivity index is 1.56. The van der Waals surface area contributed by atoms with Gasteiger partial charge in [-0.05, 0) is 55.8 Å². The van der Waals surface area contributed by atoms with Crippen LogP contribution in [0.4, 0.5) is 0 Å². The van der Waals surface area contributed by atoms with Crippen LogP contribution in [0.15, 0.2) is 91.0 Å². The molecule has 1 atom stereocenters. The minimum atomic E-state index is -0.199. The van der Waals surface area contributed by atoms with Crippen molar-refractivity contribution in [3.8, 4) is 0 Å². The topological polar surface area (TPSA) is 23.6 Å². The van der Waals surface area contributed by atoms with Gasteiger partial charge in [0, 0.05) is 19.1 Å². The van der Waals surface area contributed by atoms with Crippen molar-refractivity contribution in [3.63, 3.8) is 0 Å². The number of benzene rings is 3. The second-order valence-corrected chi connectivity index (χ2v) is 8.88. The maximum Gasteiger partial charge on any atom is 0.244 e. The summed E-state index contributed by atoms with van der Waals surface area (Å²) in [5.74, 6) is 0.252. The average molecular weight is 427 g/mol. The highest BCUT2D eigenvalue weighted by atomic mass is 16.2. The van der Waals surface area contributed by atoms with E-state index < -0.39 is 0 Å². The third-order valence-electron chi connectivity index (χ3n) is 6.64. The molecule has 3 aromatic carbocycles. The predicted octanol–water partition coefficient (Wildman–Crippen LogP) is 5.53. The zero-order valence-corrected chi connectivity index (χ0v) is 19.1. The van der Waals surface area contributed by atoms with E-state index in [2.05, 4.69) is 89.6 Å². The van der Waals surface area contributed by atoms with Gasteiger partial charge in [0.2, 0.25) is 5.91 Å². The highest BCUT2D eigenvalue weighted by Gasteiger charge is 2.35. The van der Waals surface area contributed by atoms with Crippen LogP contribution in [0.2, 0.25) is 0 Å². The van der Waals surface area contributed by atoms with Crippen LogP contribution in [-0.4, -0.2) is 41.9 Å². The summed E-state index contributed by atoms with van der Waals surface area (Å²) in [5.41, 5.74) is 3.78. The molecule has 0 spiro atoms. The first-order chi connectivity index (χ1) is 15.7. The molecule has 0 aromatic heterocycles. The molecular formula is C29H34N2O. The summed E-state index contributed by atoms with van der Waals surface area (Å²) in [6, 6.07) is 31.6. The lowest BCUT2D eigenvalue weighted by atomic mass is 9.96. The van der Waals surface area contributed by atoms with Gasteiger partial charge in [-0.25, -0.2) is 0 Å². The first-order valence-corrected chi connectivity index (χ1v) is 11.9. The Kier molecular flexibility index (Phi) is 7.73. The third kappa shape index (κ3) is 5.66. The summed E-state index contributed by atoms with van der Waals surface area (Å²) in [4.78, 5) is 18.3. The lowest BCUT2D eigenvalue weighted by molar-refractivity contribution is -0.137. The van der Waals surface area contributed by atoms with Crippen LogP contribution in [0.1, 0.15) is 42.0 Å². The van der Waals surface area contributed by atoms with Crippen LogP contribution >= 0.6 is 0 Å². The van der Waals surface area contributed by atoms with E-state index in [4.69, 9.17) is 0 Å². The number of hydrogen-bond donors (Lipinski definition) is 0. The summed E-state index contributed by atoms with van der Waals surface area (Å²) >= 11 is 0. The second kappa shape index (κ2) is 11.1. The van der Waals surface area contributed by atoms with E-state index in [1.54, 1.807) is 0 Å². The smallest absolute Gasteiger partial charge is 0.244 e. The van der Waals surface area contributed by atoms with E-state index in [9.17, 15) is 4.79 Å². The number of nitrogens with zero attached hydrogens (tertiary/aromatic N) is 2. The maximum atomic E-state index is 13.9. The van der Waals surface area contributed by atoms with Crippen molar-refractivity contribution in [2.75, 3.05) is 20.1 Å². The van der Waals surface area contributed by atoms with E-state index in [0.717, 1.165) is 50.8 Å². The van der Waals surface area contributed by atoms with Crippen molar-refractivity contribution in [1.82, 2.24) is 9.80 Å². The molecule has 3 aromatic rings. The summed E-state index contributed by atoms with van der Waals surface area (Å²) in [7, 11) is 2.09. The molecule has 1 heterocycles. The molecule has 1 aliphatic rings. The fourth-order valence-electron chi connectivity index (χ4n) is 4.88. The van der Waals surface area contributed by atoms with Gasteiger partial charge in [-0.15, -0.1) is 0 Å². The molecule has 1 saturated heterocycles. The Hall–Kier alpha value is -2.91. The third-order valence-corrected chi connectivity index (χ3v) is 6.64. The van der Waals surface area contributed by atoms with Gasteiger partial charge >= 0.3 is 0 Å². The Morgan fingerprint density at radius 2 is 1.25 bits per heavy atom. The van der Waals surface area contributed by atoms with E-state index in [-0.39, 0.29) is 18.0 Å². The molecule has 0 saturated carbocycles. The van der Waals surface area contributed by atoms with Crippen molar-refractivity contribution in [2.45, 2.75) is 44.2 Å². The highest BCUT2D eigenvalue weighted by molar-refractivity contribution is 5.84.